The molecule has 0 radical (unpaired) electrons. The van der Waals surface area contributed by atoms with Crippen LogP contribution < -0.4 is 0 Å². The smallest absolute Gasteiger partial charge is 0.257 e. The summed E-state index contributed by atoms with van der Waals surface area (Å²) in [4.78, 5) is 19.8. The molecule has 0 aliphatic heterocycles. The molecule has 0 amide bonds. The van der Waals surface area contributed by atoms with E-state index >= 15 is 0 Å². The van der Waals surface area contributed by atoms with Gasteiger partial charge < -0.3 is 0 Å². The van der Waals surface area contributed by atoms with Crippen molar-refractivity contribution in [1.82, 2.24) is 19.1 Å². The summed E-state index contributed by atoms with van der Waals surface area (Å²) in [5.41, 5.74) is 0.906. The zero-order chi connectivity index (χ0) is 10.8. The van der Waals surface area contributed by atoms with Crippen LogP contribution in [0.3, 0.4) is 0 Å². The van der Waals surface area contributed by atoms with E-state index in [2.05, 4.69) is 9.97 Å². The van der Waals surface area contributed by atoms with Crippen LogP contribution in [0.5, 0.6) is 0 Å². The third-order valence-electron chi connectivity index (χ3n) is 2.14. The first-order valence-electron chi connectivity index (χ1n) is 4.75. The zero-order valence-electron chi connectivity index (χ0n) is 8.66. The van der Waals surface area contributed by atoms with Gasteiger partial charge in [0.1, 0.15) is 12.7 Å². The summed E-state index contributed by atoms with van der Waals surface area (Å²) in [6, 6.07) is -0.174. The standard InChI is InChI=1S/C10H12N4O/c1-8(2)9-5-14(7-12-9)10(15)13-4-3-11-6-13/h3-8H,1-2H3. The molecule has 15 heavy (non-hydrogen) atoms. The quantitative estimate of drug-likeness (QED) is 0.710. The number of rotatable bonds is 1. The topological polar surface area (TPSA) is 52.7 Å². The van der Waals surface area contributed by atoms with Gasteiger partial charge in [0.15, 0.2) is 0 Å². The maximum absolute atomic E-state index is 11.8. The minimum absolute atomic E-state index is 0.174. The SMILES string of the molecule is CC(C)c1cn(C(=O)n2ccnc2)cn1. The average molecular weight is 204 g/mol. The van der Waals surface area contributed by atoms with Gasteiger partial charge in [-0.2, -0.15) is 0 Å². The molecular weight excluding hydrogens is 192 g/mol. The number of aromatic nitrogens is 4. The summed E-state index contributed by atoms with van der Waals surface area (Å²) >= 11 is 0. The van der Waals surface area contributed by atoms with Gasteiger partial charge in [0.05, 0.1) is 5.69 Å². The molecule has 0 aliphatic rings. The molecule has 0 bridgehead atoms. The van der Waals surface area contributed by atoms with Crippen molar-refractivity contribution < 1.29 is 4.79 Å². The first-order valence-corrected chi connectivity index (χ1v) is 4.75. The largest absolute Gasteiger partial charge is 0.338 e. The van der Waals surface area contributed by atoms with Gasteiger partial charge in [-0.15, -0.1) is 0 Å². The van der Waals surface area contributed by atoms with E-state index in [1.807, 2.05) is 13.8 Å². The highest BCUT2D eigenvalue weighted by Crippen LogP contribution is 2.10. The van der Waals surface area contributed by atoms with Gasteiger partial charge in [-0.25, -0.2) is 14.8 Å². The van der Waals surface area contributed by atoms with Crippen LogP contribution >= 0.6 is 0 Å². The maximum Gasteiger partial charge on any atom is 0.338 e. The highest BCUT2D eigenvalue weighted by atomic mass is 16.2. The Morgan fingerprint density at radius 1 is 1.33 bits per heavy atom. The van der Waals surface area contributed by atoms with Crippen LogP contribution in [0.1, 0.15) is 25.5 Å². The van der Waals surface area contributed by atoms with E-state index in [0.717, 1.165) is 5.69 Å². The van der Waals surface area contributed by atoms with E-state index in [-0.39, 0.29) is 6.03 Å². The third kappa shape index (κ3) is 1.81. The summed E-state index contributed by atoms with van der Waals surface area (Å²) in [5.74, 6) is 0.321. The molecule has 0 unspecified atom stereocenters. The van der Waals surface area contributed by atoms with E-state index < -0.39 is 0 Å². The Balaban J connectivity index is 2.27. The van der Waals surface area contributed by atoms with E-state index in [0.29, 0.717) is 5.92 Å². The van der Waals surface area contributed by atoms with Crippen LogP contribution in [-0.2, 0) is 0 Å². The monoisotopic (exact) mass is 204 g/mol. The number of hydrogen-bond acceptors (Lipinski definition) is 3. The lowest BCUT2D eigenvalue weighted by molar-refractivity contribution is 0.244. The van der Waals surface area contributed by atoms with Crippen molar-refractivity contribution in [2.45, 2.75) is 19.8 Å². The Morgan fingerprint density at radius 3 is 2.67 bits per heavy atom. The summed E-state index contributed by atoms with van der Waals surface area (Å²) in [6.07, 6.45) is 7.91. The lowest BCUT2D eigenvalue weighted by atomic mass is 10.2. The molecule has 0 N–H and O–H groups in total. The predicted molar refractivity (Wildman–Crippen MR) is 54.7 cm³/mol. The summed E-state index contributed by atoms with van der Waals surface area (Å²) < 4.78 is 2.86. The van der Waals surface area contributed by atoms with E-state index in [1.54, 1.807) is 18.6 Å². The molecular formula is C10H12N4O. The lowest BCUT2D eigenvalue weighted by Crippen LogP contribution is -2.15. The van der Waals surface area contributed by atoms with Crippen molar-refractivity contribution in [2.24, 2.45) is 0 Å². The van der Waals surface area contributed by atoms with Gasteiger partial charge in [0, 0.05) is 18.6 Å². The lowest BCUT2D eigenvalue weighted by Gasteiger charge is -2.00. The fourth-order valence-corrected chi connectivity index (χ4v) is 1.25. The van der Waals surface area contributed by atoms with E-state index in [4.69, 9.17) is 0 Å². The van der Waals surface area contributed by atoms with Crippen LogP contribution in [0.4, 0.5) is 4.79 Å². The van der Waals surface area contributed by atoms with Gasteiger partial charge in [-0.1, -0.05) is 13.8 Å². The summed E-state index contributed by atoms with van der Waals surface area (Å²) in [6.45, 7) is 4.07. The van der Waals surface area contributed by atoms with Crippen LogP contribution in [0.2, 0.25) is 0 Å². The number of hydrogen-bond donors (Lipinski definition) is 0. The summed E-state index contributed by atoms with van der Waals surface area (Å²) in [5, 5.41) is 0. The minimum atomic E-state index is -0.174. The Morgan fingerprint density at radius 2 is 2.13 bits per heavy atom. The number of imidazole rings is 2. The number of nitrogens with zero attached hydrogens (tertiary/aromatic N) is 4. The van der Waals surface area contributed by atoms with Crippen molar-refractivity contribution in [3.8, 4) is 0 Å². The fraction of sp³-hybridized carbons (Fsp3) is 0.300. The Kier molecular flexibility index (Phi) is 2.37. The Bertz CT molecular complexity index is 455. The molecule has 0 spiro atoms. The van der Waals surface area contributed by atoms with E-state index in [1.165, 1.54) is 21.8 Å². The molecule has 2 aromatic heterocycles. The van der Waals surface area contributed by atoms with Crippen molar-refractivity contribution >= 4 is 6.03 Å². The molecule has 5 nitrogen and oxygen atoms in total. The Hall–Kier alpha value is -1.91. The molecule has 0 aliphatic carbocycles. The van der Waals surface area contributed by atoms with Crippen LogP contribution in [0, 0.1) is 0 Å². The van der Waals surface area contributed by atoms with Crippen molar-refractivity contribution in [2.75, 3.05) is 0 Å². The number of carbonyl (C=O) groups is 1. The molecule has 78 valence electrons. The summed E-state index contributed by atoms with van der Waals surface area (Å²) in [7, 11) is 0. The molecule has 2 heterocycles. The van der Waals surface area contributed by atoms with Gasteiger partial charge in [0.25, 0.3) is 0 Å². The van der Waals surface area contributed by atoms with Crippen molar-refractivity contribution in [1.29, 1.82) is 0 Å². The average Bonchev–Trinajstić information content (AvgIpc) is 2.88. The molecule has 5 heteroatoms. The molecule has 2 rings (SSSR count). The molecule has 0 saturated heterocycles. The number of carbonyl (C=O) groups excluding carboxylic acids is 1. The normalized spacial score (nSPS) is 10.9. The van der Waals surface area contributed by atoms with Crippen molar-refractivity contribution in [3.05, 3.63) is 36.9 Å². The van der Waals surface area contributed by atoms with Gasteiger partial charge in [-0.05, 0) is 5.92 Å². The minimum Gasteiger partial charge on any atom is -0.257 e. The molecule has 0 saturated carbocycles. The second-order valence-corrected chi connectivity index (χ2v) is 3.61. The maximum atomic E-state index is 11.8. The first kappa shape index (κ1) is 9.64. The molecule has 0 atom stereocenters. The first-order chi connectivity index (χ1) is 7.18. The van der Waals surface area contributed by atoms with Gasteiger partial charge in [-0.3, -0.25) is 9.13 Å². The third-order valence-corrected chi connectivity index (χ3v) is 2.14. The highest BCUT2D eigenvalue weighted by Gasteiger charge is 2.09. The van der Waals surface area contributed by atoms with Crippen molar-refractivity contribution in [3.63, 3.8) is 0 Å². The second kappa shape index (κ2) is 3.68. The second-order valence-electron chi connectivity index (χ2n) is 3.61. The van der Waals surface area contributed by atoms with Crippen LogP contribution in [-0.4, -0.2) is 25.1 Å². The van der Waals surface area contributed by atoms with Gasteiger partial charge >= 0.3 is 6.03 Å². The predicted octanol–water partition coefficient (Wildman–Crippen LogP) is 1.72. The van der Waals surface area contributed by atoms with Crippen LogP contribution in [0.25, 0.3) is 0 Å². The van der Waals surface area contributed by atoms with Gasteiger partial charge in [0.2, 0.25) is 0 Å². The molecule has 0 fully saturated rings. The Labute approximate surface area is 87.4 Å². The van der Waals surface area contributed by atoms with E-state index in [9.17, 15) is 4.79 Å². The highest BCUT2D eigenvalue weighted by molar-refractivity contribution is 5.78. The molecule has 0 aromatic carbocycles. The fourth-order valence-electron chi connectivity index (χ4n) is 1.25. The zero-order valence-corrected chi connectivity index (χ0v) is 8.66. The molecule has 2 aromatic rings. The van der Waals surface area contributed by atoms with Crippen LogP contribution in [0.15, 0.2) is 31.2 Å².